The summed E-state index contributed by atoms with van der Waals surface area (Å²) >= 11 is 5.85. The Kier molecular flexibility index (Phi) is 6.00. The van der Waals surface area contributed by atoms with Crippen molar-refractivity contribution >= 4 is 34.9 Å². The number of hydrogen-bond acceptors (Lipinski definition) is 3. The van der Waals surface area contributed by atoms with Gasteiger partial charge in [0.2, 0.25) is 0 Å². The van der Waals surface area contributed by atoms with Crippen molar-refractivity contribution in [2.75, 3.05) is 11.5 Å². The molecule has 0 atom stereocenters. The van der Waals surface area contributed by atoms with Gasteiger partial charge in [0.15, 0.2) is 0 Å². The Bertz CT molecular complexity index is 230. The van der Waals surface area contributed by atoms with E-state index in [0.29, 0.717) is 0 Å². The van der Waals surface area contributed by atoms with E-state index in [1.807, 2.05) is 34.9 Å². The molecule has 0 N–H and O–H groups in total. The molecule has 1 heterocycles. The summed E-state index contributed by atoms with van der Waals surface area (Å²) in [6, 6.07) is 2.24. The minimum Gasteiger partial charge on any atom is -0.136 e. The van der Waals surface area contributed by atoms with Gasteiger partial charge >= 0.3 is 0 Å². The lowest BCUT2D eigenvalue weighted by molar-refractivity contribution is 0.896. The largest absolute Gasteiger partial charge is 0.136 e. The van der Waals surface area contributed by atoms with Crippen LogP contribution in [-0.4, -0.2) is 11.5 Å². The van der Waals surface area contributed by atoms with Crippen LogP contribution in [0.3, 0.4) is 0 Å². The van der Waals surface area contributed by atoms with E-state index in [0.717, 1.165) is 0 Å². The molecule has 0 bridgehead atoms. The number of rotatable bonds is 6. The molecule has 0 aliphatic carbocycles. The van der Waals surface area contributed by atoms with Crippen LogP contribution < -0.4 is 0 Å². The first-order chi connectivity index (χ1) is 6.38. The molecule has 0 saturated carbocycles. The maximum Gasteiger partial charge on any atom is 0.0734 e. The van der Waals surface area contributed by atoms with E-state index in [-0.39, 0.29) is 0 Å². The molecular weight excluding hydrogens is 216 g/mol. The molecule has 3 heteroatoms. The Morgan fingerprint density at radius 2 is 2.15 bits per heavy atom. The van der Waals surface area contributed by atoms with Gasteiger partial charge in [0, 0.05) is 4.90 Å². The highest BCUT2D eigenvalue weighted by atomic mass is 32.2. The minimum atomic E-state index is 1.18. The predicted octanol–water partition coefficient (Wildman–Crippen LogP) is 4.75. The maximum atomic E-state index is 2.25. The van der Waals surface area contributed by atoms with Gasteiger partial charge in [-0.1, -0.05) is 20.3 Å². The molecule has 74 valence electrons. The molecule has 0 nitrogen and oxygen atoms in total. The van der Waals surface area contributed by atoms with Gasteiger partial charge in [0.25, 0.3) is 0 Å². The smallest absolute Gasteiger partial charge is 0.0734 e. The molecular formula is C10H16S3. The van der Waals surface area contributed by atoms with Gasteiger partial charge in [-0.05, 0) is 29.4 Å². The van der Waals surface area contributed by atoms with Crippen molar-refractivity contribution in [1.29, 1.82) is 0 Å². The monoisotopic (exact) mass is 232 g/mol. The summed E-state index contributed by atoms with van der Waals surface area (Å²) in [5, 5.41) is 2.20. The summed E-state index contributed by atoms with van der Waals surface area (Å²) in [6.07, 6.45) is 2.63. The Hall–Kier alpha value is 0.400. The van der Waals surface area contributed by atoms with E-state index in [1.165, 1.54) is 33.5 Å². The summed E-state index contributed by atoms with van der Waals surface area (Å²) in [6.45, 7) is 4.46. The summed E-state index contributed by atoms with van der Waals surface area (Å²) in [5.41, 5.74) is 0. The molecule has 1 rings (SSSR count). The van der Waals surface area contributed by atoms with Crippen molar-refractivity contribution < 1.29 is 0 Å². The van der Waals surface area contributed by atoms with Gasteiger partial charge in [0.05, 0.1) is 4.21 Å². The van der Waals surface area contributed by atoms with Gasteiger partial charge in [-0.25, -0.2) is 0 Å². The Morgan fingerprint density at radius 1 is 1.31 bits per heavy atom. The van der Waals surface area contributed by atoms with Gasteiger partial charge < -0.3 is 0 Å². The fraction of sp³-hybridized carbons (Fsp3) is 0.600. The maximum absolute atomic E-state index is 2.25. The number of hydrogen-bond donors (Lipinski definition) is 0. The molecule has 0 aromatic carbocycles. The van der Waals surface area contributed by atoms with Crippen LogP contribution in [0.15, 0.2) is 20.6 Å². The van der Waals surface area contributed by atoms with Crippen molar-refractivity contribution in [3.8, 4) is 0 Å². The van der Waals surface area contributed by atoms with Crippen LogP contribution in [0.4, 0.5) is 0 Å². The number of thioether (sulfide) groups is 2. The Balaban J connectivity index is 2.40. The minimum absolute atomic E-state index is 1.18. The van der Waals surface area contributed by atoms with Crippen molar-refractivity contribution in [2.45, 2.75) is 35.8 Å². The standard InChI is InChI=1S/C10H16S3/c1-3-5-7-12-10-9(11-4-2)6-8-13-10/h6,8H,3-5,7H2,1-2H3. The van der Waals surface area contributed by atoms with Crippen LogP contribution in [0.2, 0.25) is 0 Å². The van der Waals surface area contributed by atoms with Crippen molar-refractivity contribution in [3.63, 3.8) is 0 Å². The van der Waals surface area contributed by atoms with Crippen LogP contribution in [0.5, 0.6) is 0 Å². The number of thiophene rings is 1. The second-order valence-electron chi connectivity index (χ2n) is 2.71. The lowest BCUT2D eigenvalue weighted by atomic mass is 10.4. The van der Waals surface area contributed by atoms with Gasteiger partial charge in [-0.2, -0.15) is 0 Å². The van der Waals surface area contributed by atoms with Crippen LogP contribution in [0.25, 0.3) is 0 Å². The predicted molar refractivity (Wildman–Crippen MR) is 66.3 cm³/mol. The van der Waals surface area contributed by atoms with E-state index in [4.69, 9.17) is 0 Å². The van der Waals surface area contributed by atoms with E-state index in [1.54, 1.807) is 0 Å². The van der Waals surface area contributed by atoms with E-state index >= 15 is 0 Å². The Labute approximate surface area is 93.5 Å². The first kappa shape index (κ1) is 11.5. The third-order valence-electron chi connectivity index (χ3n) is 1.63. The highest BCUT2D eigenvalue weighted by Crippen LogP contribution is 2.35. The zero-order chi connectivity index (χ0) is 9.52. The van der Waals surface area contributed by atoms with Crippen molar-refractivity contribution in [2.24, 2.45) is 0 Å². The first-order valence-corrected chi connectivity index (χ1v) is 7.56. The van der Waals surface area contributed by atoms with Crippen molar-refractivity contribution in [3.05, 3.63) is 11.4 Å². The van der Waals surface area contributed by atoms with E-state index in [9.17, 15) is 0 Å². The quantitative estimate of drug-likeness (QED) is 0.512. The lowest BCUT2D eigenvalue weighted by Gasteiger charge is -2.00. The van der Waals surface area contributed by atoms with Gasteiger partial charge in [0.1, 0.15) is 0 Å². The second-order valence-corrected chi connectivity index (χ2v) is 6.29. The van der Waals surface area contributed by atoms with Crippen LogP contribution in [-0.2, 0) is 0 Å². The molecule has 0 spiro atoms. The zero-order valence-electron chi connectivity index (χ0n) is 8.21. The molecule has 0 amide bonds. The molecule has 0 unspecified atom stereocenters. The average Bonchev–Trinajstić information content (AvgIpc) is 2.54. The van der Waals surface area contributed by atoms with Gasteiger partial charge in [-0.3, -0.25) is 0 Å². The first-order valence-electron chi connectivity index (χ1n) is 4.71. The summed E-state index contributed by atoms with van der Waals surface area (Å²) in [4.78, 5) is 1.48. The molecule has 1 aromatic rings. The third-order valence-corrected chi connectivity index (χ3v) is 5.15. The topological polar surface area (TPSA) is 0 Å². The zero-order valence-corrected chi connectivity index (χ0v) is 10.7. The fourth-order valence-corrected chi connectivity index (χ4v) is 4.34. The summed E-state index contributed by atoms with van der Waals surface area (Å²) in [5.74, 6) is 2.45. The lowest BCUT2D eigenvalue weighted by Crippen LogP contribution is -1.77. The summed E-state index contributed by atoms with van der Waals surface area (Å²) in [7, 11) is 0. The van der Waals surface area contributed by atoms with Crippen LogP contribution >= 0.6 is 34.9 Å². The molecule has 1 aromatic heterocycles. The molecule has 0 aliphatic heterocycles. The summed E-state index contributed by atoms with van der Waals surface area (Å²) < 4.78 is 1.51. The molecule has 0 aliphatic rings. The highest BCUT2D eigenvalue weighted by molar-refractivity contribution is 8.03. The van der Waals surface area contributed by atoms with Crippen molar-refractivity contribution in [1.82, 2.24) is 0 Å². The molecule has 0 radical (unpaired) electrons. The Morgan fingerprint density at radius 3 is 2.85 bits per heavy atom. The second kappa shape index (κ2) is 6.80. The highest BCUT2D eigenvalue weighted by Gasteiger charge is 2.03. The van der Waals surface area contributed by atoms with E-state index < -0.39 is 0 Å². The SMILES string of the molecule is CCCCSc1sccc1SCC. The van der Waals surface area contributed by atoms with Gasteiger partial charge in [-0.15, -0.1) is 34.9 Å². The molecule has 0 saturated heterocycles. The van der Waals surface area contributed by atoms with Crippen LogP contribution in [0, 0.1) is 0 Å². The van der Waals surface area contributed by atoms with Crippen LogP contribution in [0.1, 0.15) is 26.7 Å². The fourth-order valence-electron chi connectivity index (χ4n) is 0.961. The molecule has 0 fully saturated rings. The third kappa shape index (κ3) is 3.96. The normalized spacial score (nSPS) is 10.6. The van der Waals surface area contributed by atoms with E-state index in [2.05, 4.69) is 25.3 Å². The average molecular weight is 232 g/mol. The number of unbranched alkanes of at least 4 members (excludes halogenated alkanes) is 1. The molecule has 13 heavy (non-hydrogen) atoms.